The van der Waals surface area contributed by atoms with Gasteiger partial charge in [0.1, 0.15) is 30.1 Å². The highest BCUT2D eigenvalue weighted by Gasteiger charge is 2.53. The Hall–Kier alpha value is -3.37. The summed E-state index contributed by atoms with van der Waals surface area (Å²) >= 11 is 0. The number of Topliss-reactive ketones (excluding diaryl/α,β-unsaturated/α-hetero) is 3. The highest BCUT2D eigenvalue weighted by atomic mass is 16.6. The fourth-order valence-electron chi connectivity index (χ4n) is 9.79. The zero-order valence-electron chi connectivity index (χ0n) is 41.7. The largest absolute Gasteiger partial charge is 0.460 e. The normalized spacial score (nSPS) is 38.7. The molecule has 1 aliphatic carbocycles. The molecule has 14 nitrogen and oxygen atoms in total. The molecule has 2 bridgehead atoms. The first kappa shape index (κ1) is 57.0. The molecule has 0 aromatic carbocycles. The molecule has 0 aromatic heterocycles. The van der Waals surface area contributed by atoms with Crippen LogP contribution in [0.3, 0.4) is 0 Å². The van der Waals surface area contributed by atoms with Crippen LogP contribution in [0.15, 0.2) is 47.6 Å². The standard InChI is InChI=1S/C50H77NO13.C2H6/c1-30-15-11-10-12-16-31(2)42(60-7)29-38-21-18-35(6)50(59,64-38)47(56)48(57)51-24-14-13-17-39(51)49(58)63-37(22-19-36-20-23-40(52)43(27-36)61-8)28-41(53)32(3)26-34(5)45(55)46(62-9)44(54)33(4)25-30;1-2/h10-12,15-16,26,30,32-33,35-40,42-43,45-46,52,55,59H,13-14,17-25,27-29H2,1-9H3;1-2H3/b12-10+,15-11?,31-16+,34-26+;/t30-,32-,33?,35?,36-,37-,38+,39?,40?,42+,43-,45?,46+,50?;/m1./s1. The summed E-state index contributed by atoms with van der Waals surface area (Å²) in [6.45, 7) is 14.8. The van der Waals surface area contributed by atoms with Gasteiger partial charge in [0.05, 0.1) is 24.4 Å². The van der Waals surface area contributed by atoms with Crippen LogP contribution in [0.4, 0.5) is 0 Å². The fraction of sp³-hybridized carbons (Fsp3) is 0.750. The van der Waals surface area contributed by atoms with Crippen molar-refractivity contribution in [3.8, 4) is 0 Å². The minimum atomic E-state index is -2.42. The number of fused-ring (bicyclic) bond motifs is 3. The van der Waals surface area contributed by atoms with Crippen molar-refractivity contribution in [2.24, 2.45) is 29.6 Å². The number of piperidine rings is 1. The molecular formula is C52H83NO13. The molecule has 4 rings (SSSR count). The zero-order valence-corrected chi connectivity index (χ0v) is 41.7. The Morgan fingerprint density at radius 1 is 0.803 bits per heavy atom. The number of aliphatic hydroxyl groups is 3. The van der Waals surface area contributed by atoms with Crippen LogP contribution in [0.2, 0.25) is 0 Å². The Bertz CT molecular complexity index is 1720. The van der Waals surface area contributed by atoms with E-state index < -0.39 is 83.9 Å². The number of esters is 1. The van der Waals surface area contributed by atoms with E-state index in [1.165, 1.54) is 12.0 Å². The summed E-state index contributed by atoms with van der Waals surface area (Å²) in [5, 5.41) is 33.7. The molecule has 2 saturated heterocycles. The summed E-state index contributed by atoms with van der Waals surface area (Å²) in [7, 11) is 4.51. The van der Waals surface area contributed by atoms with Crippen LogP contribution in [0.5, 0.6) is 0 Å². The molecule has 1 saturated carbocycles. The zero-order chi connectivity index (χ0) is 49.3. The first-order valence-corrected chi connectivity index (χ1v) is 24.5. The summed E-state index contributed by atoms with van der Waals surface area (Å²) in [4.78, 5) is 71.3. The second-order valence-corrected chi connectivity index (χ2v) is 19.0. The maximum absolute atomic E-state index is 14.2. The maximum Gasteiger partial charge on any atom is 0.329 e. The Morgan fingerprint density at radius 3 is 2.18 bits per heavy atom. The highest BCUT2D eigenvalue weighted by molar-refractivity contribution is 6.39. The lowest BCUT2D eigenvalue weighted by molar-refractivity contribution is -0.265. The van der Waals surface area contributed by atoms with E-state index in [-0.39, 0.29) is 48.9 Å². The number of carbonyl (C=O) groups is 5. The molecule has 4 aliphatic rings. The van der Waals surface area contributed by atoms with Gasteiger partial charge in [-0.05, 0) is 107 Å². The van der Waals surface area contributed by atoms with Gasteiger partial charge in [0, 0.05) is 58.5 Å². The van der Waals surface area contributed by atoms with Gasteiger partial charge in [0.15, 0.2) is 5.78 Å². The topological polar surface area (TPSA) is 195 Å². The van der Waals surface area contributed by atoms with Crippen molar-refractivity contribution in [2.45, 2.75) is 193 Å². The third kappa shape index (κ3) is 15.6. The van der Waals surface area contributed by atoms with Crippen LogP contribution in [0.25, 0.3) is 0 Å². The fourth-order valence-corrected chi connectivity index (χ4v) is 9.79. The summed E-state index contributed by atoms with van der Waals surface area (Å²) in [6.07, 6.45) is 11.6. The minimum Gasteiger partial charge on any atom is -0.460 e. The van der Waals surface area contributed by atoms with E-state index >= 15 is 0 Å². The van der Waals surface area contributed by atoms with Crippen molar-refractivity contribution < 1.29 is 63.0 Å². The van der Waals surface area contributed by atoms with E-state index in [1.54, 1.807) is 41.1 Å². The van der Waals surface area contributed by atoms with Crippen LogP contribution >= 0.6 is 0 Å². The van der Waals surface area contributed by atoms with E-state index in [2.05, 4.69) is 0 Å². The van der Waals surface area contributed by atoms with Gasteiger partial charge in [-0.25, -0.2) is 4.79 Å². The number of rotatable bonds is 6. The van der Waals surface area contributed by atoms with Crippen molar-refractivity contribution >= 4 is 29.2 Å². The molecule has 374 valence electrons. The number of hydrogen-bond acceptors (Lipinski definition) is 13. The predicted octanol–water partition coefficient (Wildman–Crippen LogP) is 6.96. The van der Waals surface area contributed by atoms with E-state index in [0.29, 0.717) is 69.8 Å². The number of carbonyl (C=O) groups excluding carboxylic acids is 5. The van der Waals surface area contributed by atoms with Crippen LogP contribution in [-0.4, -0.2) is 132 Å². The molecule has 0 spiro atoms. The number of allylic oxidation sites excluding steroid dienone is 6. The number of ketones is 3. The molecule has 14 atom stereocenters. The van der Waals surface area contributed by atoms with E-state index in [9.17, 15) is 39.3 Å². The molecule has 3 heterocycles. The number of methoxy groups -OCH3 is 3. The summed E-state index contributed by atoms with van der Waals surface area (Å²) in [5.41, 5.74) is 1.27. The van der Waals surface area contributed by atoms with Gasteiger partial charge >= 0.3 is 5.97 Å². The van der Waals surface area contributed by atoms with Gasteiger partial charge in [0.2, 0.25) is 5.79 Å². The second kappa shape index (κ2) is 27.6. The third-order valence-corrected chi connectivity index (χ3v) is 14.1. The Balaban J connectivity index is 0.00000570. The molecule has 66 heavy (non-hydrogen) atoms. The van der Waals surface area contributed by atoms with Gasteiger partial charge in [-0.2, -0.15) is 0 Å². The Labute approximate surface area is 394 Å². The summed E-state index contributed by atoms with van der Waals surface area (Å²) in [5.74, 6) is -7.56. The van der Waals surface area contributed by atoms with Crippen molar-refractivity contribution in [1.29, 1.82) is 0 Å². The summed E-state index contributed by atoms with van der Waals surface area (Å²) in [6, 6.07) is -1.13. The third-order valence-electron chi connectivity index (χ3n) is 14.1. The number of aliphatic hydroxyl groups excluding tert-OH is 2. The van der Waals surface area contributed by atoms with Crippen LogP contribution in [0.1, 0.15) is 139 Å². The van der Waals surface area contributed by atoms with Gasteiger partial charge < -0.3 is 43.9 Å². The molecule has 3 N–H and O–H groups in total. The Kier molecular flexibility index (Phi) is 23.8. The van der Waals surface area contributed by atoms with Crippen LogP contribution in [0, 0.1) is 29.6 Å². The Morgan fingerprint density at radius 2 is 1.52 bits per heavy atom. The molecule has 6 unspecified atom stereocenters. The SMILES string of the molecule is CC.CO[C@H]1C[C@@H]2CCC(C)C(O)(O2)C(=O)C(=O)N2CCCCC2C(=O)O[C@H](CC[C@@H]2CCC(O)[C@H](OC)C2)CC(=O)[C@H](C)/C=C(\C)C(O)[C@@H](OC)C(=O)C(C)C[C@H](C)C=C/C=C/C=C/1C. The quantitative estimate of drug-likeness (QED) is 0.141. The van der Waals surface area contributed by atoms with Crippen molar-refractivity contribution in [3.63, 3.8) is 0 Å². The molecule has 14 heteroatoms. The maximum atomic E-state index is 14.2. The lowest BCUT2D eigenvalue weighted by Gasteiger charge is -2.42. The lowest BCUT2D eigenvalue weighted by atomic mass is 9.81. The number of cyclic esters (lactones) is 1. The van der Waals surface area contributed by atoms with Gasteiger partial charge in [-0.1, -0.05) is 78.0 Å². The average Bonchev–Trinajstić information content (AvgIpc) is 3.30. The smallest absolute Gasteiger partial charge is 0.329 e. The van der Waals surface area contributed by atoms with E-state index in [1.807, 2.05) is 65.0 Å². The predicted molar refractivity (Wildman–Crippen MR) is 252 cm³/mol. The molecule has 3 fully saturated rings. The molecule has 0 aromatic rings. The monoisotopic (exact) mass is 930 g/mol. The van der Waals surface area contributed by atoms with Crippen molar-refractivity contribution in [1.82, 2.24) is 4.90 Å². The molecule has 0 radical (unpaired) electrons. The molecular weight excluding hydrogens is 847 g/mol. The minimum absolute atomic E-state index is 0.0217. The molecule has 1 amide bonds. The number of ether oxygens (including phenoxy) is 5. The number of amides is 1. The second-order valence-electron chi connectivity index (χ2n) is 19.0. The first-order chi connectivity index (χ1) is 31.3. The van der Waals surface area contributed by atoms with E-state index in [4.69, 9.17) is 23.7 Å². The van der Waals surface area contributed by atoms with Gasteiger partial charge in [-0.15, -0.1) is 0 Å². The lowest BCUT2D eigenvalue weighted by Crippen LogP contribution is -2.60. The first-order valence-electron chi connectivity index (χ1n) is 24.5. The van der Waals surface area contributed by atoms with Gasteiger partial charge in [-0.3, -0.25) is 19.2 Å². The highest BCUT2D eigenvalue weighted by Crippen LogP contribution is 2.37. The average molecular weight is 930 g/mol. The van der Waals surface area contributed by atoms with E-state index in [0.717, 1.165) is 12.0 Å². The number of hydrogen-bond donors (Lipinski definition) is 3. The summed E-state index contributed by atoms with van der Waals surface area (Å²) < 4.78 is 29.2. The van der Waals surface area contributed by atoms with Crippen LogP contribution < -0.4 is 0 Å². The van der Waals surface area contributed by atoms with Crippen molar-refractivity contribution in [2.75, 3.05) is 27.9 Å². The van der Waals surface area contributed by atoms with Crippen LogP contribution in [-0.2, 0) is 47.7 Å². The molecule has 3 aliphatic heterocycles. The van der Waals surface area contributed by atoms with Gasteiger partial charge in [0.25, 0.3) is 11.7 Å². The van der Waals surface area contributed by atoms with Crippen molar-refractivity contribution in [3.05, 3.63) is 47.6 Å². The number of nitrogens with zero attached hydrogens (tertiary/aromatic N) is 1.